The van der Waals surface area contributed by atoms with Gasteiger partial charge in [-0.1, -0.05) is 31.8 Å². The van der Waals surface area contributed by atoms with Gasteiger partial charge >= 0.3 is 0 Å². The van der Waals surface area contributed by atoms with Gasteiger partial charge in [0.05, 0.1) is 13.8 Å². The van der Waals surface area contributed by atoms with E-state index >= 15 is 0 Å². The average molecular weight is 335 g/mol. The molecule has 24 heavy (non-hydrogen) atoms. The topological polar surface area (TPSA) is 38.9 Å². The predicted octanol–water partition coefficient (Wildman–Crippen LogP) is 4.90. The maximum absolute atomic E-state index is 7.52. The van der Waals surface area contributed by atoms with Crippen LogP contribution in [0.4, 0.5) is 0 Å². The number of rotatable bonds is 2. The predicted molar refractivity (Wildman–Crippen MR) is 102 cm³/mol. The van der Waals surface area contributed by atoms with Crippen molar-refractivity contribution in [2.24, 2.45) is 0 Å². The molecule has 0 N–H and O–H groups in total. The first kappa shape index (κ1) is 12.0. The van der Waals surface area contributed by atoms with Crippen molar-refractivity contribution in [2.45, 2.75) is 26.5 Å². The van der Waals surface area contributed by atoms with Crippen LogP contribution in [0.2, 0.25) is 19.6 Å². The molecule has 4 heteroatoms. The second-order valence-corrected chi connectivity index (χ2v) is 12.0. The summed E-state index contributed by atoms with van der Waals surface area (Å²) in [6.07, 6.45) is 3.14. The van der Waals surface area contributed by atoms with Crippen molar-refractivity contribution in [3.63, 3.8) is 0 Å². The molecule has 0 aliphatic carbocycles. The fourth-order valence-corrected chi connectivity index (χ4v) is 4.68. The van der Waals surface area contributed by atoms with Crippen molar-refractivity contribution in [1.82, 2.24) is 9.97 Å². The monoisotopic (exact) mass is 335 g/mol. The Bertz CT molecular complexity index is 1140. The first-order valence-corrected chi connectivity index (χ1v) is 11.4. The van der Waals surface area contributed by atoms with Gasteiger partial charge in [-0.2, -0.15) is 0 Å². The molecule has 3 heterocycles. The summed E-state index contributed by atoms with van der Waals surface area (Å²) in [4.78, 5) is 8.78. The minimum Gasteiger partial charge on any atom is -0.437 e. The van der Waals surface area contributed by atoms with E-state index in [4.69, 9.17) is 8.53 Å². The first-order chi connectivity index (χ1) is 12.7. The smallest absolute Gasteiger partial charge is 0.227 e. The lowest BCUT2D eigenvalue weighted by atomic mass is 10.1. The fourth-order valence-electron chi connectivity index (χ4n) is 3.10. The Morgan fingerprint density at radius 3 is 2.62 bits per heavy atom. The highest BCUT2D eigenvalue weighted by atomic mass is 28.3. The highest BCUT2D eigenvalue weighted by Crippen LogP contribution is 2.34. The molecule has 0 amide bonds. The number of fused-ring (bicyclic) bond motifs is 3. The number of aryl methyl sites for hydroxylation is 1. The summed E-state index contributed by atoms with van der Waals surface area (Å²) in [5, 5.41) is 3.41. The standard InChI is InChI=1S/C20H20N2OSi/c1-13-7-9-16(22-12-13)14-8-10-17(24(2,3)4)18-15-6-5-11-21-20(15)23-19(14)18/h5-12H,1-4H3/i1D3. The third-order valence-electron chi connectivity index (χ3n) is 4.24. The van der Waals surface area contributed by atoms with Crippen molar-refractivity contribution < 1.29 is 8.53 Å². The lowest BCUT2D eigenvalue weighted by molar-refractivity contribution is 0.655. The number of furan rings is 1. The summed E-state index contributed by atoms with van der Waals surface area (Å²) >= 11 is 0. The fraction of sp³-hybridized carbons (Fsp3) is 0.200. The average Bonchev–Trinajstić information content (AvgIpc) is 2.99. The lowest BCUT2D eigenvalue weighted by Crippen LogP contribution is -2.37. The minimum absolute atomic E-state index is 0.229. The van der Waals surface area contributed by atoms with Crippen LogP contribution in [0.3, 0.4) is 0 Å². The molecule has 0 aliphatic heterocycles. The minimum atomic E-state index is -2.16. The van der Waals surface area contributed by atoms with Gasteiger partial charge in [-0.05, 0) is 41.9 Å². The normalized spacial score (nSPS) is 14.5. The van der Waals surface area contributed by atoms with Crippen LogP contribution in [-0.4, -0.2) is 18.0 Å². The van der Waals surface area contributed by atoms with E-state index in [1.807, 2.05) is 18.2 Å². The molecule has 0 fully saturated rings. The zero-order valence-corrected chi connectivity index (χ0v) is 14.9. The third kappa shape index (κ3) is 2.34. The maximum Gasteiger partial charge on any atom is 0.227 e. The quantitative estimate of drug-likeness (QED) is 0.489. The van der Waals surface area contributed by atoms with Crippen molar-refractivity contribution in [3.8, 4) is 11.3 Å². The van der Waals surface area contributed by atoms with Gasteiger partial charge in [0.25, 0.3) is 0 Å². The summed E-state index contributed by atoms with van der Waals surface area (Å²) in [6, 6.07) is 11.5. The number of aromatic nitrogens is 2. The molecule has 0 saturated heterocycles. The molecule has 4 aromatic rings. The van der Waals surface area contributed by atoms with E-state index in [0.29, 0.717) is 11.4 Å². The number of nitrogens with zero attached hydrogens (tertiary/aromatic N) is 2. The molecule has 1 aromatic carbocycles. The number of hydrogen-bond acceptors (Lipinski definition) is 3. The van der Waals surface area contributed by atoms with Gasteiger partial charge in [-0.25, -0.2) is 4.98 Å². The molecule has 3 aromatic heterocycles. The van der Waals surface area contributed by atoms with Crippen LogP contribution in [-0.2, 0) is 0 Å². The molecule has 0 spiro atoms. The Morgan fingerprint density at radius 1 is 1.04 bits per heavy atom. The van der Waals surface area contributed by atoms with Crippen LogP contribution in [0, 0.1) is 6.85 Å². The van der Waals surface area contributed by atoms with Crippen molar-refractivity contribution in [2.75, 3.05) is 0 Å². The van der Waals surface area contributed by atoms with Gasteiger partial charge in [0.2, 0.25) is 5.71 Å². The zero-order chi connectivity index (χ0) is 19.4. The van der Waals surface area contributed by atoms with Crippen molar-refractivity contribution >= 4 is 35.3 Å². The van der Waals surface area contributed by atoms with Gasteiger partial charge in [-0.3, -0.25) is 4.98 Å². The van der Waals surface area contributed by atoms with E-state index in [1.165, 1.54) is 11.4 Å². The van der Waals surface area contributed by atoms with E-state index in [-0.39, 0.29) is 5.56 Å². The Morgan fingerprint density at radius 2 is 1.92 bits per heavy atom. The summed E-state index contributed by atoms with van der Waals surface area (Å²) < 4.78 is 28.7. The highest BCUT2D eigenvalue weighted by molar-refractivity contribution is 6.90. The van der Waals surface area contributed by atoms with Gasteiger partial charge < -0.3 is 4.42 Å². The maximum atomic E-state index is 7.52. The number of benzene rings is 1. The zero-order valence-electron chi connectivity index (χ0n) is 16.9. The van der Waals surface area contributed by atoms with Crippen LogP contribution < -0.4 is 5.19 Å². The Balaban J connectivity index is 2.00. The van der Waals surface area contributed by atoms with Crippen molar-refractivity contribution in [3.05, 3.63) is 54.4 Å². The summed E-state index contributed by atoms with van der Waals surface area (Å²) in [7, 11) is -1.62. The Kier molecular flexibility index (Phi) is 2.63. The van der Waals surface area contributed by atoms with E-state index in [9.17, 15) is 0 Å². The summed E-state index contributed by atoms with van der Waals surface area (Å²) in [5.74, 6) is 0. The van der Waals surface area contributed by atoms with Gasteiger partial charge in [0.15, 0.2) is 0 Å². The molecule has 3 nitrogen and oxygen atoms in total. The molecule has 0 atom stereocenters. The van der Waals surface area contributed by atoms with E-state index in [1.54, 1.807) is 18.3 Å². The van der Waals surface area contributed by atoms with Gasteiger partial charge in [-0.15, -0.1) is 0 Å². The highest BCUT2D eigenvalue weighted by Gasteiger charge is 2.24. The Hall–Kier alpha value is -2.46. The van der Waals surface area contributed by atoms with Gasteiger partial charge in [0, 0.05) is 32.8 Å². The molecule has 0 saturated carbocycles. The van der Waals surface area contributed by atoms with E-state index in [2.05, 4.69) is 35.7 Å². The van der Waals surface area contributed by atoms with Crippen LogP contribution in [0.15, 0.2) is 53.2 Å². The van der Waals surface area contributed by atoms with Crippen LogP contribution in [0.1, 0.15) is 9.68 Å². The SMILES string of the molecule is [2H]C([2H])([2H])c1ccc(-c2ccc([Si](C)(C)C)c3c2oc2ncccc23)nc1. The Labute approximate surface area is 146 Å². The molecule has 120 valence electrons. The molecule has 0 radical (unpaired) electrons. The molecule has 4 rings (SSSR count). The summed E-state index contributed by atoms with van der Waals surface area (Å²) in [5.41, 5.74) is 3.14. The lowest BCUT2D eigenvalue weighted by Gasteiger charge is -2.18. The first-order valence-electron chi connectivity index (χ1n) is 9.44. The second kappa shape index (κ2) is 5.28. The molecule has 0 unspecified atom stereocenters. The molecule has 0 aliphatic rings. The number of hydrogen-bond donors (Lipinski definition) is 0. The van der Waals surface area contributed by atoms with Crippen molar-refractivity contribution in [1.29, 1.82) is 0 Å². The molecule has 0 bridgehead atoms. The summed E-state index contributed by atoms with van der Waals surface area (Å²) in [6.45, 7) is 4.76. The van der Waals surface area contributed by atoms with Crippen LogP contribution in [0.25, 0.3) is 33.3 Å². The third-order valence-corrected chi connectivity index (χ3v) is 6.28. The van der Waals surface area contributed by atoms with E-state index in [0.717, 1.165) is 21.9 Å². The molecular weight excluding hydrogens is 312 g/mol. The largest absolute Gasteiger partial charge is 0.437 e. The van der Waals surface area contributed by atoms with E-state index < -0.39 is 14.9 Å². The van der Waals surface area contributed by atoms with Gasteiger partial charge in [0.1, 0.15) is 5.58 Å². The second-order valence-electron chi connectivity index (χ2n) is 7.01. The van der Waals surface area contributed by atoms with Crippen LogP contribution >= 0.6 is 0 Å². The molecular formula is C20H20N2OSi. The van der Waals surface area contributed by atoms with Crippen LogP contribution in [0.5, 0.6) is 0 Å². The number of pyridine rings is 2.